The predicted molar refractivity (Wildman–Crippen MR) is 117 cm³/mol. The van der Waals surface area contributed by atoms with E-state index in [4.69, 9.17) is 0 Å². The summed E-state index contributed by atoms with van der Waals surface area (Å²) in [5.41, 5.74) is 2.20. The third-order valence-corrected chi connectivity index (χ3v) is 7.03. The van der Waals surface area contributed by atoms with Gasteiger partial charge in [-0.1, -0.05) is 0 Å². The summed E-state index contributed by atoms with van der Waals surface area (Å²) in [5, 5.41) is 1.24. The van der Waals surface area contributed by atoms with Gasteiger partial charge in [-0.2, -0.15) is 0 Å². The van der Waals surface area contributed by atoms with Crippen LogP contribution in [0.4, 0.5) is 11.5 Å². The van der Waals surface area contributed by atoms with Crippen molar-refractivity contribution in [1.82, 2.24) is 9.55 Å². The maximum Gasteiger partial charge on any atom is 0.175 e. The number of hydrogen-bond acceptors (Lipinski definition) is 5. The van der Waals surface area contributed by atoms with Gasteiger partial charge in [0, 0.05) is 60.3 Å². The van der Waals surface area contributed by atoms with Crippen molar-refractivity contribution in [2.45, 2.75) is 4.90 Å². The maximum absolute atomic E-state index is 11.6. The Hall–Kier alpha value is -1.81. The molecule has 1 aliphatic rings. The summed E-state index contributed by atoms with van der Waals surface area (Å²) < 4.78 is 26.6. The predicted octanol–water partition coefficient (Wildman–Crippen LogP) is 2.91. The number of pyridine rings is 1. The van der Waals surface area contributed by atoms with Crippen LogP contribution in [0.2, 0.25) is 0 Å². The van der Waals surface area contributed by atoms with Gasteiger partial charge in [0.25, 0.3) is 0 Å². The highest BCUT2D eigenvalue weighted by Gasteiger charge is 2.20. The van der Waals surface area contributed by atoms with Gasteiger partial charge >= 0.3 is 0 Å². The number of benzene rings is 1. The van der Waals surface area contributed by atoms with Crippen LogP contribution in [0.15, 0.2) is 47.6 Å². The Labute approximate surface area is 172 Å². The number of sulfone groups is 1. The molecule has 0 bridgehead atoms. The number of fused-ring (bicyclic) bond motifs is 1. The minimum atomic E-state index is -3.15. The topological polar surface area (TPSA) is 58.4 Å². The van der Waals surface area contributed by atoms with Gasteiger partial charge in [-0.3, -0.25) is 0 Å². The Bertz CT molecular complexity index is 1080. The Balaban J connectivity index is 1.48. The molecule has 2 aromatic heterocycles. The number of anilines is 2. The molecule has 1 aliphatic heterocycles. The first-order valence-electron chi connectivity index (χ1n) is 8.73. The number of rotatable bonds is 3. The third-order valence-electron chi connectivity index (χ3n) is 5.05. The minimum Gasteiger partial charge on any atom is -0.368 e. The fraction of sp³-hybridized carbons (Fsp3) is 0.316. The third kappa shape index (κ3) is 3.64. The zero-order valence-electron chi connectivity index (χ0n) is 15.3. The molecule has 0 N–H and O–H groups in total. The molecule has 3 aromatic rings. The monoisotopic (exact) mass is 496 g/mol. The zero-order valence-corrected chi connectivity index (χ0v) is 18.2. The summed E-state index contributed by atoms with van der Waals surface area (Å²) in [5.74, 6) is 1.01. The fourth-order valence-electron chi connectivity index (χ4n) is 3.49. The van der Waals surface area contributed by atoms with E-state index in [9.17, 15) is 8.42 Å². The van der Waals surface area contributed by atoms with Crippen molar-refractivity contribution >= 4 is 54.8 Å². The van der Waals surface area contributed by atoms with Gasteiger partial charge < -0.3 is 14.4 Å². The highest BCUT2D eigenvalue weighted by atomic mass is 127. The van der Waals surface area contributed by atoms with Gasteiger partial charge in [0.05, 0.1) is 16.6 Å². The van der Waals surface area contributed by atoms with E-state index in [1.54, 1.807) is 12.1 Å². The Kier molecular flexibility index (Phi) is 4.79. The Morgan fingerprint density at radius 1 is 1.04 bits per heavy atom. The summed E-state index contributed by atoms with van der Waals surface area (Å²) in [6.45, 7) is 3.53. The van der Waals surface area contributed by atoms with Crippen LogP contribution in [0, 0.1) is 3.57 Å². The molecule has 0 saturated carbocycles. The van der Waals surface area contributed by atoms with E-state index in [0.717, 1.165) is 43.2 Å². The second-order valence-corrected chi connectivity index (χ2v) is 10.1. The van der Waals surface area contributed by atoms with Gasteiger partial charge in [0.2, 0.25) is 0 Å². The van der Waals surface area contributed by atoms with E-state index < -0.39 is 9.84 Å². The molecule has 1 aromatic carbocycles. The summed E-state index contributed by atoms with van der Waals surface area (Å²) in [6.07, 6.45) is 5.30. The van der Waals surface area contributed by atoms with Gasteiger partial charge in [0.1, 0.15) is 5.82 Å². The van der Waals surface area contributed by atoms with Gasteiger partial charge in [0.15, 0.2) is 9.84 Å². The molecule has 4 rings (SSSR count). The molecule has 0 atom stereocenters. The SMILES string of the molecule is Cn1cc(I)c2cc(N3CCN(c4ccc(S(C)(=O)=O)cc4)CC3)ncc21. The zero-order chi connectivity index (χ0) is 19.2. The van der Waals surface area contributed by atoms with Gasteiger partial charge in [-0.05, 0) is 52.9 Å². The molecule has 3 heterocycles. The fourth-order valence-corrected chi connectivity index (χ4v) is 4.97. The van der Waals surface area contributed by atoms with Crippen LogP contribution in [0.25, 0.3) is 10.9 Å². The lowest BCUT2D eigenvalue weighted by Gasteiger charge is -2.36. The van der Waals surface area contributed by atoms with Crippen molar-refractivity contribution in [1.29, 1.82) is 0 Å². The van der Waals surface area contributed by atoms with Crippen LogP contribution in [0.3, 0.4) is 0 Å². The summed E-state index contributed by atoms with van der Waals surface area (Å²) in [6, 6.07) is 9.33. The Morgan fingerprint density at radius 2 is 1.67 bits per heavy atom. The molecule has 8 heteroatoms. The molecule has 27 heavy (non-hydrogen) atoms. The lowest BCUT2D eigenvalue weighted by Crippen LogP contribution is -2.46. The summed E-state index contributed by atoms with van der Waals surface area (Å²) in [7, 11) is -1.11. The molecule has 0 aliphatic carbocycles. The normalized spacial score (nSPS) is 15.5. The van der Waals surface area contributed by atoms with Crippen LogP contribution < -0.4 is 9.80 Å². The van der Waals surface area contributed by atoms with E-state index in [2.05, 4.69) is 54.2 Å². The second kappa shape index (κ2) is 6.97. The molecule has 142 valence electrons. The number of aromatic nitrogens is 2. The van der Waals surface area contributed by atoms with Crippen molar-refractivity contribution in [3.05, 3.63) is 46.3 Å². The van der Waals surface area contributed by atoms with Crippen LogP contribution >= 0.6 is 22.6 Å². The number of nitrogens with zero attached hydrogens (tertiary/aromatic N) is 4. The van der Waals surface area contributed by atoms with Crippen molar-refractivity contribution in [3.8, 4) is 0 Å². The summed E-state index contributed by atoms with van der Waals surface area (Å²) in [4.78, 5) is 9.61. The van der Waals surface area contributed by atoms with Crippen LogP contribution in [0.5, 0.6) is 0 Å². The maximum atomic E-state index is 11.6. The highest BCUT2D eigenvalue weighted by molar-refractivity contribution is 14.1. The van der Waals surface area contributed by atoms with Crippen molar-refractivity contribution in [3.63, 3.8) is 0 Å². The van der Waals surface area contributed by atoms with Crippen molar-refractivity contribution < 1.29 is 8.42 Å². The number of hydrogen-bond donors (Lipinski definition) is 0. The van der Waals surface area contributed by atoms with Crippen LogP contribution in [-0.4, -0.2) is 50.4 Å². The molecule has 6 nitrogen and oxygen atoms in total. The number of halogens is 1. The largest absolute Gasteiger partial charge is 0.368 e. The van der Waals surface area contributed by atoms with Crippen molar-refractivity contribution in [2.24, 2.45) is 7.05 Å². The highest BCUT2D eigenvalue weighted by Crippen LogP contribution is 2.27. The molecular formula is C19H21IN4O2S. The standard InChI is InChI=1S/C19H21IN4O2S/c1-22-13-17(20)16-11-19(21-12-18(16)22)24-9-7-23(8-10-24)14-3-5-15(6-4-14)27(2,25)26/h3-6,11-13H,7-10H2,1-2H3. The quantitative estimate of drug-likeness (QED) is 0.523. The van der Waals surface area contributed by atoms with E-state index in [1.165, 1.54) is 15.2 Å². The van der Waals surface area contributed by atoms with Gasteiger partial charge in [-0.15, -0.1) is 0 Å². The molecule has 1 saturated heterocycles. The first-order valence-corrected chi connectivity index (χ1v) is 11.7. The smallest absolute Gasteiger partial charge is 0.175 e. The number of piperazine rings is 1. The van der Waals surface area contributed by atoms with Crippen molar-refractivity contribution in [2.75, 3.05) is 42.2 Å². The molecule has 0 radical (unpaired) electrons. The second-order valence-electron chi connectivity index (χ2n) is 6.89. The van der Waals surface area contributed by atoms with E-state index >= 15 is 0 Å². The van der Waals surface area contributed by atoms with E-state index in [1.807, 2.05) is 25.4 Å². The van der Waals surface area contributed by atoms with Gasteiger partial charge in [-0.25, -0.2) is 13.4 Å². The van der Waals surface area contributed by atoms with E-state index in [0.29, 0.717) is 4.90 Å². The molecule has 0 unspecified atom stereocenters. The number of aryl methyl sites for hydroxylation is 1. The lowest BCUT2D eigenvalue weighted by atomic mass is 10.2. The first-order chi connectivity index (χ1) is 12.8. The molecular weight excluding hydrogens is 475 g/mol. The lowest BCUT2D eigenvalue weighted by molar-refractivity contribution is 0.602. The molecule has 0 spiro atoms. The average Bonchev–Trinajstić information content (AvgIpc) is 2.95. The van der Waals surface area contributed by atoms with Crippen LogP contribution in [-0.2, 0) is 16.9 Å². The first kappa shape index (κ1) is 18.5. The Morgan fingerprint density at radius 3 is 2.30 bits per heavy atom. The summed E-state index contributed by atoms with van der Waals surface area (Å²) >= 11 is 2.37. The van der Waals surface area contributed by atoms with Crippen LogP contribution in [0.1, 0.15) is 0 Å². The molecule has 0 amide bonds. The average molecular weight is 496 g/mol. The minimum absolute atomic E-state index is 0.361. The van der Waals surface area contributed by atoms with E-state index in [-0.39, 0.29) is 0 Å². The molecule has 1 fully saturated rings.